The molecule has 0 bridgehead atoms. The van der Waals surface area contributed by atoms with Crippen molar-refractivity contribution in [2.75, 3.05) is 11.9 Å². The van der Waals surface area contributed by atoms with Gasteiger partial charge in [-0.05, 0) is 24.6 Å². The molecule has 0 fully saturated rings. The predicted octanol–water partition coefficient (Wildman–Crippen LogP) is 5.47. The molecule has 4 rings (SSSR count). The van der Waals surface area contributed by atoms with Crippen LogP contribution >= 0.6 is 34.8 Å². The normalized spacial score (nSPS) is 13.0. The van der Waals surface area contributed by atoms with Gasteiger partial charge in [-0.25, -0.2) is 4.68 Å². The lowest BCUT2D eigenvalue weighted by molar-refractivity contribution is 0.882. The number of benzene rings is 2. The van der Waals surface area contributed by atoms with Crippen LogP contribution in [0.25, 0.3) is 16.9 Å². The molecule has 0 spiro atoms. The van der Waals surface area contributed by atoms with Crippen LogP contribution in [0.3, 0.4) is 0 Å². The van der Waals surface area contributed by atoms with E-state index < -0.39 is 0 Å². The summed E-state index contributed by atoms with van der Waals surface area (Å²) in [6, 6.07) is 13.2. The summed E-state index contributed by atoms with van der Waals surface area (Å²) < 4.78 is 1.84. The second-order valence-corrected chi connectivity index (χ2v) is 6.51. The Bertz CT molecular complexity index is 902. The highest BCUT2D eigenvalue weighted by Crippen LogP contribution is 2.40. The third-order valence-electron chi connectivity index (χ3n) is 3.94. The Balaban J connectivity index is 1.96. The van der Waals surface area contributed by atoms with E-state index in [0.717, 1.165) is 41.3 Å². The van der Waals surface area contributed by atoms with Gasteiger partial charge >= 0.3 is 0 Å². The average molecular weight is 365 g/mol. The van der Waals surface area contributed by atoms with E-state index in [0.29, 0.717) is 15.1 Å². The molecule has 1 N–H and O–H groups in total. The lowest BCUT2D eigenvalue weighted by Crippen LogP contribution is -2.04. The van der Waals surface area contributed by atoms with Crippen molar-refractivity contribution in [2.24, 2.45) is 0 Å². The molecule has 0 unspecified atom stereocenters. The van der Waals surface area contributed by atoms with Gasteiger partial charge < -0.3 is 5.32 Å². The fourth-order valence-electron chi connectivity index (χ4n) is 2.88. The van der Waals surface area contributed by atoms with Crippen LogP contribution in [0.4, 0.5) is 5.82 Å². The molecule has 0 saturated heterocycles. The molecule has 116 valence electrons. The van der Waals surface area contributed by atoms with Crippen LogP contribution in [0, 0.1) is 0 Å². The third kappa shape index (κ3) is 2.40. The first-order chi connectivity index (χ1) is 11.2. The molecule has 1 aromatic heterocycles. The topological polar surface area (TPSA) is 29.9 Å². The first-order valence-electron chi connectivity index (χ1n) is 7.22. The van der Waals surface area contributed by atoms with Gasteiger partial charge in [0.25, 0.3) is 0 Å². The van der Waals surface area contributed by atoms with E-state index in [1.165, 1.54) is 0 Å². The molecule has 2 aromatic carbocycles. The van der Waals surface area contributed by atoms with E-state index in [4.69, 9.17) is 39.9 Å². The largest absolute Gasteiger partial charge is 0.369 e. The van der Waals surface area contributed by atoms with Gasteiger partial charge in [0.2, 0.25) is 0 Å². The van der Waals surface area contributed by atoms with Gasteiger partial charge in [0, 0.05) is 17.7 Å². The number of nitrogens with one attached hydrogen (secondary N) is 1. The van der Waals surface area contributed by atoms with Crippen LogP contribution in [0.2, 0.25) is 15.1 Å². The number of halogens is 3. The van der Waals surface area contributed by atoms with Crippen molar-refractivity contribution in [3.8, 4) is 16.9 Å². The van der Waals surface area contributed by atoms with Crippen LogP contribution in [0.15, 0.2) is 42.5 Å². The molecular formula is C17H12Cl3N3. The summed E-state index contributed by atoms with van der Waals surface area (Å²) in [4.78, 5) is 0. The molecule has 0 atom stereocenters. The molecule has 2 heterocycles. The number of anilines is 1. The molecule has 0 saturated carbocycles. The van der Waals surface area contributed by atoms with E-state index >= 15 is 0 Å². The van der Waals surface area contributed by atoms with E-state index in [1.807, 2.05) is 41.1 Å². The van der Waals surface area contributed by atoms with Gasteiger partial charge in [0.1, 0.15) is 5.82 Å². The monoisotopic (exact) mass is 363 g/mol. The number of rotatable bonds is 2. The van der Waals surface area contributed by atoms with Crippen LogP contribution in [-0.2, 0) is 6.42 Å². The summed E-state index contributed by atoms with van der Waals surface area (Å²) in [5.74, 6) is 0.962. The highest BCUT2D eigenvalue weighted by Gasteiger charge is 2.26. The molecule has 3 aromatic rings. The molecule has 6 heteroatoms. The Hall–Kier alpha value is -1.68. The van der Waals surface area contributed by atoms with Gasteiger partial charge in [-0.1, -0.05) is 59.1 Å². The second kappa shape index (κ2) is 5.75. The number of hydrogen-bond donors (Lipinski definition) is 1. The standard InChI is InChI=1S/C17H12Cl3N3/c18-12-5-1-2-7-14(12)23-17-11(8-9-21-17)16(22-23)10-4-3-6-13(19)15(10)20/h1-7,21H,8-9H2. The van der Waals surface area contributed by atoms with Crippen molar-refractivity contribution in [2.45, 2.75) is 6.42 Å². The maximum absolute atomic E-state index is 6.39. The third-order valence-corrected chi connectivity index (χ3v) is 5.08. The number of nitrogens with zero attached hydrogens (tertiary/aromatic N) is 2. The fraction of sp³-hybridized carbons (Fsp3) is 0.118. The minimum atomic E-state index is 0.521. The SMILES string of the molecule is Clc1ccccc1-n1nc(-c2cccc(Cl)c2Cl)c2c1NCC2. The van der Waals surface area contributed by atoms with E-state index in [2.05, 4.69) is 5.32 Å². The average Bonchev–Trinajstić information content (AvgIpc) is 3.13. The zero-order valence-corrected chi connectivity index (χ0v) is 14.3. The van der Waals surface area contributed by atoms with Crippen LogP contribution in [0.1, 0.15) is 5.56 Å². The molecule has 0 aliphatic carbocycles. The lowest BCUT2D eigenvalue weighted by atomic mass is 10.1. The van der Waals surface area contributed by atoms with Gasteiger partial charge in [-0.15, -0.1) is 0 Å². The van der Waals surface area contributed by atoms with E-state index in [1.54, 1.807) is 6.07 Å². The molecule has 0 amide bonds. The van der Waals surface area contributed by atoms with Crippen LogP contribution in [0.5, 0.6) is 0 Å². The summed E-state index contributed by atoms with van der Waals surface area (Å²) in [5, 5.41) is 9.84. The maximum Gasteiger partial charge on any atom is 0.133 e. The van der Waals surface area contributed by atoms with Crippen molar-refractivity contribution in [3.05, 3.63) is 63.1 Å². The Morgan fingerprint density at radius 2 is 1.74 bits per heavy atom. The quantitative estimate of drug-likeness (QED) is 0.653. The molecule has 1 aliphatic rings. The molecule has 3 nitrogen and oxygen atoms in total. The number of para-hydroxylation sites is 1. The van der Waals surface area contributed by atoms with E-state index in [9.17, 15) is 0 Å². The molecular weight excluding hydrogens is 353 g/mol. The zero-order chi connectivity index (χ0) is 16.0. The first kappa shape index (κ1) is 14.9. The number of hydrogen-bond acceptors (Lipinski definition) is 2. The molecule has 23 heavy (non-hydrogen) atoms. The minimum Gasteiger partial charge on any atom is -0.369 e. The van der Waals surface area contributed by atoms with Crippen molar-refractivity contribution in [3.63, 3.8) is 0 Å². The molecule has 1 aliphatic heterocycles. The van der Waals surface area contributed by atoms with Crippen molar-refractivity contribution < 1.29 is 0 Å². The first-order valence-corrected chi connectivity index (χ1v) is 8.35. The maximum atomic E-state index is 6.39. The van der Waals surface area contributed by atoms with Gasteiger partial charge in [-0.3, -0.25) is 0 Å². The predicted molar refractivity (Wildman–Crippen MR) is 96.2 cm³/mol. The smallest absolute Gasteiger partial charge is 0.133 e. The van der Waals surface area contributed by atoms with Gasteiger partial charge in [0.15, 0.2) is 0 Å². The Labute approximate surface area is 148 Å². The summed E-state index contributed by atoms with van der Waals surface area (Å²) in [6.07, 6.45) is 0.887. The summed E-state index contributed by atoms with van der Waals surface area (Å²) >= 11 is 18.9. The fourth-order valence-corrected chi connectivity index (χ4v) is 3.48. The van der Waals surface area contributed by atoms with Gasteiger partial charge in [-0.2, -0.15) is 5.10 Å². The summed E-state index contributed by atoms with van der Waals surface area (Å²) in [7, 11) is 0. The van der Waals surface area contributed by atoms with Crippen molar-refractivity contribution in [1.82, 2.24) is 9.78 Å². The number of aromatic nitrogens is 2. The van der Waals surface area contributed by atoms with Crippen LogP contribution in [-0.4, -0.2) is 16.3 Å². The lowest BCUT2D eigenvalue weighted by Gasteiger charge is -2.08. The highest BCUT2D eigenvalue weighted by atomic mass is 35.5. The highest BCUT2D eigenvalue weighted by molar-refractivity contribution is 6.43. The minimum absolute atomic E-state index is 0.521. The van der Waals surface area contributed by atoms with Crippen LogP contribution < -0.4 is 5.32 Å². The summed E-state index contributed by atoms with van der Waals surface area (Å²) in [5.41, 5.74) is 3.65. The summed E-state index contributed by atoms with van der Waals surface area (Å²) in [6.45, 7) is 0.864. The second-order valence-electron chi connectivity index (χ2n) is 5.32. The zero-order valence-electron chi connectivity index (χ0n) is 12.0. The Morgan fingerprint density at radius 1 is 0.957 bits per heavy atom. The number of fused-ring (bicyclic) bond motifs is 1. The Morgan fingerprint density at radius 3 is 2.57 bits per heavy atom. The van der Waals surface area contributed by atoms with Crippen molar-refractivity contribution in [1.29, 1.82) is 0 Å². The van der Waals surface area contributed by atoms with Gasteiger partial charge in [0.05, 0.1) is 26.4 Å². The van der Waals surface area contributed by atoms with E-state index in [-0.39, 0.29) is 0 Å². The Kier molecular flexibility index (Phi) is 3.72. The molecule has 0 radical (unpaired) electrons. The van der Waals surface area contributed by atoms with Crippen molar-refractivity contribution >= 4 is 40.6 Å².